The first-order valence-corrected chi connectivity index (χ1v) is 10.4. The highest BCUT2D eigenvalue weighted by atomic mass is 16.2. The van der Waals surface area contributed by atoms with Crippen LogP contribution in [0.25, 0.3) is 0 Å². The van der Waals surface area contributed by atoms with Gasteiger partial charge in [0.2, 0.25) is 5.91 Å². The Morgan fingerprint density at radius 1 is 1.10 bits per heavy atom. The third-order valence-electron chi connectivity index (χ3n) is 5.39. The third kappa shape index (κ3) is 5.83. The number of likely N-dealkylation sites (tertiary alicyclic amines) is 1. The highest BCUT2D eigenvalue weighted by molar-refractivity contribution is 5.78. The molecule has 0 radical (unpaired) electrons. The van der Waals surface area contributed by atoms with E-state index in [1.165, 1.54) is 5.56 Å². The molecule has 1 heterocycles. The van der Waals surface area contributed by atoms with Crippen LogP contribution in [0.15, 0.2) is 48.5 Å². The number of carbonyl (C=O) groups is 2. The summed E-state index contributed by atoms with van der Waals surface area (Å²) >= 11 is 0. The van der Waals surface area contributed by atoms with E-state index in [1.807, 2.05) is 23.1 Å². The minimum Gasteiger partial charge on any atom is -0.338 e. The Labute approximate surface area is 173 Å². The predicted molar refractivity (Wildman–Crippen MR) is 115 cm³/mol. The van der Waals surface area contributed by atoms with Gasteiger partial charge in [0.25, 0.3) is 0 Å². The molecule has 0 atom stereocenters. The highest BCUT2D eigenvalue weighted by Gasteiger charge is 2.20. The summed E-state index contributed by atoms with van der Waals surface area (Å²) < 4.78 is 0. The second-order valence-electron chi connectivity index (χ2n) is 8.15. The zero-order valence-electron chi connectivity index (χ0n) is 17.6. The van der Waals surface area contributed by atoms with Gasteiger partial charge in [0.05, 0.1) is 0 Å². The fourth-order valence-corrected chi connectivity index (χ4v) is 3.60. The minimum absolute atomic E-state index is 0.0990. The lowest BCUT2D eigenvalue weighted by Gasteiger charge is -2.19. The van der Waals surface area contributed by atoms with Gasteiger partial charge in [-0.15, -0.1) is 0 Å². The van der Waals surface area contributed by atoms with E-state index in [-0.39, 0.29) is 11.9 Å². The van der Waals surface area contributed by atoms with Crippen LogP contribution in [0, 0.1) is 0 Å². The Bertz CT molecular complexity index is 845. The quantitative estimate of drug-likeness (QED) is 0.764. The molecule has 0 spiro atoms. The molecule has 0 aliphatic carbocycles. The van der Waals surface area contributed by atoms with Crippen molar-refractivity contribution in [1.82, 2.24) is 15.1 Å². The Morgan fingerprint density at radius 3 is 2.48 bits per heavy atom. The van der Waals surface area contributed by atoms with Crippen molar-refractivity contribution in [2.45, 2.75) is 52.2 Å². The summed E-state index contributed by atoms with van der Waals surface area (Å²) in [6.07, 6.45) is 1.60. The van der Waals surface area contributed by atoms with Gasteiger partial charge >= 0.3 is 6.03 Å². The molecule has 0 bridgehead atoms. The van der Waals surface area contributed by atoms with Gasteiger partial charge in [-0.3, -0.25) is 4.79 Å². The van der Waals surface area contributed by atoms with Crippen LogP contribution in [0.5, 0.6) is 0 Å². The first kappa shape index (κ1) is 20.9. The molecule has 1 fully saturated rings. The summed E-state index contributed by atoms with van der Waals surface area (Å²) in [7, 11) is 1.81. The number of hydrogen-bond acceptors (Lipinski definition) is 2. The second-order valence-corrected chi connectivity index (χ2v) is 8.15. The van der Waals surface area contributed by atoms with Crippen LogP contribution < -0.4 is 5.32 Å². The average Bonchev–Trinajstić information content (AvgIpc) is 3.11. The van der Waals surface area contributed by atoms with Gasteiger partial charge in [0.1, 0.15) is 0 Å². The number of benzene rings is 2. The molecule has 0 aromatic heterocycles. The zero-order valence-corrected chi connectivity index (χ0v) is 17.6. The molecule has 3 rings (SSSR count). The average molecular weight is 394 g/mol. The summed E-state index contributed by atoms with van der Waals surface area (Å²) in [6.45, 7) is 6.87. The van der Waals surface area contributed by atoms with Crippen LogP contribution >= 0.6 is 0 Å². The molecule has 29 heavy (non-hydrogen) atoms. The molecule has 1 aliphatic heterocycles. The zero-order chi connectivity index (χ0) is 20.8. The maximum absolute atomic E-state index is 12.5. The van der Waals surface area contributed by atoms with E-state index in [4.69, 9.17) is 0 Å². The molecule has 0 unspecified atom stereocenters. The van der Waals surface area contributed by atoms with Gasteiger partial charge in [0, 0.05) is 39.6 Å². The lowest BCUT2D eigenvalue weighted by molar-refractivity contribution is -0.128. The molecule has 1 aliphatic rings. The van der Waals surface area contributed by atoms with E-state index < -0.39 is 0 Å². The predicted octanol–water partition coefficient (Wildman–Crippen LogP) is 4.27. The van der Waals surface area contributed by atoms with E-state index in [2.05, 4.69) is 49.5 Å². The summed E-state index contributed by atoms with van der Waals surface area (Å²) in [6, 6.07) is 16.4. The summed E-state index contributed by atoms with van der Waals surface area (Å²) in [5.74, 6) is 0.733. The van der Waals surface area contributed by atoms with Crippen LogP contribution in [0.4, 0.5) is 4.79 Å². The van der Waals surface area contributed by atoms with Crippen molar-refractivity contribution in [3.05, 3.63) is 70.8 Å². The monoisotopic (exact) mass is 393 g/mol. The Morgan fingerprint density at radius 2 is 1.83 bits per heavy atom. The normalized spacial score (nSPS) is 13.8. The van der Waals surface area contributed by atoms with Gasteiger partial charge in [-0.1, -0.05) is 62.4 Å². The number of carbonyl (C=O) groups excluding carboxylic acids is 2. The summed E-state index contributed by atoms with van der Waals surface area (Å²) in [4.78, 5) is 27.9. The lowest BCUT2D eigenvalue weighted by atomic mass is 10.0. The van der Waals surface area contributed by atoms with Crippen molar-refractivity contribution in [1.29, 1.82) is 0 Å². The molecule has 1 N–H and O–H groups in total. The molecule has 2 aromatic rings. The number of rotatable bonds is 7. The van der Waals surface area contributed by atoms with Crippen LogP contribution in [-0.2, 0) is 24.4 Å². The van der Waals surface area contributed by atoms with Gasteiger partial charge < -0.3 is 15.1 Å². The fourth-order valence-electron chi connectivity index (χ4n) is 3.60. The van der Waals surface area contributed by atoms with Crippen LogP contribution in [-0.4, -0.2) is 35.3 Å². The van der Waals surface area contributed by atoms with Crippen molar-refractivity contribution in [3.63, 3.8) is 0 Å². The van der Waals surface area contributed by atoms with Gasteiger partial charge in [-0.2, -0.15) is 0 Å². The molecule has 154 valence electrons. The number of nitrogens with zero attached hydrogens (tertiary/aromatic N) is 2. The highest BCUT2D eigenvalue weighted by Crippen LogP contribution is 2.16. The number of amides is 3. The first-order valence-electron chi connectivity index (χ1n) is 10.4. The van der Waals surface area contributed by atoms with Crippen molar-refractivity contribution < 1.29 is 9.59 Å². The SMILES string of the molecule is CC(C)c1ccc(CN(C)C(=O)NCc2cccc(CN3CCCC3=O)c2)cc1. The summed E-state index contributed by atoms with van der Waals surface area (Å²) in [5.41, 5.74) is 4.56. The Hall–Kier alpha value is -2.82. The van der Waals surface area contributed by atoms with Crippen molar-refractivity contribution in [3.8, 4) is 0 Å². The number of urea groups is 1. The maximum Gasteiger partial charge on any atom is 0.317 e. The topological polar surface area (TPSA) is 52.7 Å². The van der Waals surface area contributed by atoms with E-state index in [9.17, 15) is 9.59 Å². The van der Waals surface area contributed by atoms with Crippen molar-refractivity contribution in [2.24, 2.45) is 0 Å². The van der Waals surface area contributed by atoms with Crippen LogP contribution in [0.3, 0.4) is 0 Å². The maximum atomic E-state index is 12.5. The molecule has 5 nitrogen and oxygen atoms in total. The Balaban J connectivity index is 1.50. The van der Waals surface area contributed by atoms with Crippen LogP contribution in [0.2, 0.25) is 0 Å². The largest absolute Gasteiger partial charge is 0.338 e. The Kier molecular flexibility index (Phi) is 6.91. The molecular formula is C24H31N3O2. The van der Waals surface area contributed by atoms with Gasteiger partial charge in [-0.05, 0) is 34.6 Å². The van der Waals surface area contributed by atoms with E-state index in [1.54, 1.807) is 11.9 Å². The fraction of sp³-hybridized carbons (Fsp3) is 0.417. The van der Waals surface area contributed by atoms with Crippen molar-refractivity contribution >= 4 is 11.9 Å². The molecule has 0 saturated carbocycles. The third-order valence-corrected chi connectivity index (χ3v) is 5.39. The van der Waals surface area contributed by atoms with E-state index >= 15 is 0 Å². The van der Waals surface area contributed by atoms with E-state index in [0.29, 0.717) is 32.0 Å². The molecule has 3 amide bonds. The number of hydrogen-bond donors (Lipinski definition) is 1. The lowest BCUT2D eigenvalue weighted by Crippen LogP contribution is -2.36. The smallest absolute Gasteiger partial charge is 0.317 e. The molecule has 2 aromatic carbocycles. The minimum atomic E-state index is -0.0990. The molecular weight excluding hydrogens is 362 g/mol. The first-order chi connectivity index (χ1) is 13.9. The molecule has 1 saturated heterocycles. The second kappa shape index (κ2) is 9.59. The van der Waals surface area contributed by atoms with Crippen molar-refractivity contribution in [2.75, 3.05) is 13.6 Å². The van der Waals surface area contributed by atoms with Crippen LogP contribution in [0.1, 0.15) is 54.9 Å². The molecule has 5 heteroatoms. The van der Waals surface area contributed by atoms with Gasteiger partial charge in [0.15, 0.2) is 0 Å². The van der Waals surface area contributed by atoms with E-state index in [0.717, 1.165) is 29.7 Å². The summed E-state index contributed by atoms with van der Waals surface area (Å²) in [5, 5.41) is 2.98. The standard InChI is InChI=1S/C24H31N3O2/c1-18(2)22-11-9-19(10-12-22)16-26(3)24(29)25-15-20-6-4-7-21(14-20)17-27-13-5-8-23(27)28/h4,6-7,9-12,14,18H,5,8,13,15-17H2,1-3H3,(H,25,29). The van der Waals surface area contributed by atoms with Gasteiger partial charge in [-0.25, -0.2) is 4.79 Å². The number of nitrogens with one attached hydrogen (secondary N) is 1.